The molecular formula is C19H21ClN4. The Balaban J connectivity index is 1.66. The molecule has 4 nitrogen and oxygen atoms in total. The number of aliphatic imine (C=N–C) groups is 1. The van der Waals surface area contributed by atoms with Crippen LogP contribution in [-0.4, -0.2) is 24.5 Å². The number of hydrogen-bond donors (Lipinski definition) is 3. The van der Waals surface area contributed by atoms with Crippen LogP contribution < -0.4 is 16.0 Å². The van der Waals surface area contributed by atoms with Gasteiger partial charge in [-0.3, -0.25) is 4.99 Å². The van der Waals surface area contributed by atoms with Crippen LogP contribution in [0.4, 0.5) is 11.4 Å². The highest BCUT2D eigenvalue weighted by atomic mass is 35.5. The first-order valence-electron chi connectivity index (χ1n) is 8.40. The summed E-state index contributed by atoms with van der Waals surface area (Å²) in [5, 5.41) is 11.5. The Bertz CT molecular complexity index is 765. The summed E-state index contributed by atoms with van der Waals surface area (Å²) in [5.74, 6) is 1.03. The maximum absolute atomic E-state index is 6.09. The quantitative estimate of drug-likeness (QED) is 0.773. The monoisotopic (exact) mass is 346 g/mol. The van der Waals surface area contributed by atoms with Crippen molar-refractivity contribution < 1.29 is 0 Å². The predicted molar refractivity (Wildman–Crippen MR) is 101 cm³/mol. The number of nitrogens with zero attached hydrogens (tertiary/aromatic N) is 1. The Morgan fingerprint density at radius 2 is 1.79 bits per heavy atom. The van der Waals surface area contributed by atoms with Gasteiger partial charge in [0.1, 0.15) is 5.84 Å². The molecule has 2 aliphatic rings. The fourth-order valence-corrected chi connectivity index (χ4v) is 3.69. The first-order valence-corrected chi connectivity index (χ1v) is 8.77. The lowest BCUT2D eigenvalue weighted by molar-refractivity contribution is 0.419. The zero-order valence-electron chi connectivity index (χ0n) is 13.5. The average molecular weight is 347 g/mol. The molecule has 1 fully saturated rings. The minimum atomic E-state index is -0.113. The second-order valence-corrected chi connectivity index (χ2v) is 6.86. The fraction of sp³-hybridized carbons (Fsp3) is 0.316. The van der Waals surface area contributed by atoms with Crippen molar-refractivity contribution >= 4 is 28.8 Å². The topological polar surface area (TPSA) is 48.5 Å². The van der Waals surface area contributed by atoms with E-state index >= 15 is 0 Å². The summed E-state index contributed by atoms with van der Waals surface area (Å²) in [7, 11) is 0. The third-order valence-corrected chi connectivity index (χ3v) is 5.01. The van der Waals surface area contributed by atoms with Crippen molar-refractivity contribution in [3.8, 4) is 0 Å². The van der Waals surface area contributed by atoms with Crippen LogP contribution in [0.1, 0.15) is 18.4 Å². The van der Waals surface area contributed by atoms with Gasteiger partial charge in [0.25, 0.3) is 0 Å². The molecule has 5 heteroatoms. The summed E-state index contributed by atoms with van der Waals surface area (Å²) in [4.78, 5) is 4.93. The van der Waals surface area contributed by atoms with Gasteiger partial charge in [0.15, 0.2) is 0 Å². The van der Waals surface area contributed by atoms with Crippen molar-refractivity contribution in [3.05, 3.63) is 59.1 Å². The van der Waals surface area contributed by atoms with Crippen molar-refractivity contribution in [3.63, 3.8) is 0 Å². The van der Waals surface area contributed by atoms with Gasteiger partial charge in [-0.15, -0.1) is 0 Å². The van der Waals surface area contributed by atoms with E-state index in [1.807, 2.05) is 24.3 Å². The molecule has 2 aromatic carbocycles. The molecule has 1 spiro atoms. The predicted octanol–water partition coefficient (Wildman–Crippen LogP) is 3.90. The summed E-state index contributed by atoms with van der Waals surface area (Å²) >= 11 is 6.09. The van der Waals surface area contributed by atoms with Crippen LogP contribution in [0.2, 0.25) is 5.02 Å². The van der Waals surface area contributed by atoms with Crippen LogP contribution in [0, 0.1) is 0 Å². The van der Waals surface area contributed by atoms with E-state index < -0.39 is 0 Å². The third-order valence-electron chi connectivity index (χ3n) is 4.77. The summed E-state index contributed by atoms with van der Waals surface area (Å²) in [6.07, 6.45) is 2.03. The van der Waals surface area contributed by atoms with E-state index in [0.717, 1.165) is 53.7 Å². The van der Waals surface area contributed by atoms with Gasteiger partial charge in [0.2, 0.25) is 0 Å². The lowest BCUT2D eigenvalue weighted by Gasteiger charge is -2.44. The molecule has 0 bridgehead atoms. The van der Waals surface area contributed by atoms with Crippen molar-refractivity contribution in [1.29, 1.82) is 0 Å². The van der Waals surface area contributed by atoms with Gasteiger partial charge < -0.3 is 16.0 Å². The molecule has 2 aliphatic heterocycles. The van der Waals surface area contributed by atoms with Crippen molar-refractivity contribution in [2.24, 2.45) is 4.99 Å². The number of piperidine rings is 1. The summed E-state index contributed by atoms with van der Waals surface area (Å²) in [5.41, 5.74) is 3.25. The number of benzene rings is 2. The molecule has 4 rings (SSSR count). The standard InChI is InChI=1S/C19H21ClN4/c20-15-5-3-4-14(12-15)13-22-18-19(8-10-21-11-9-19)24-17-7-2-1-6-16(17)23-18/h1-7,12,21,24H,8-11,13H2,(H,22,23)/i1+1,2+1,6+1,7+1,16+1,17+1. The Morgan fingerprint density at radius 3 is 2.58 bits per heavy atom. The maximum Gasteiger partial charge on any atom is 0.127 e. The minimum absolute atomic E-state index is 0.113. The van der Waals surface area contributed by atoms with E-state index in [4.69, 9.17) is 16.6 Å². The SMILES string of the molecule is Clc1cccc(CN=C2N[13c]3[13cH][13cH][13cH][13cH][13c]3NC23CCNCC3)c1. The molecule has 0 unspecified atom stereocenters. The van der Waals surface area contributed by atoms with Crippen LogP contribution in [0.15, 0.2) is 53.5 Å². The molecule has 3 N–H and O–H groups in total. The van der Waals surface area contributed by atoms with E-state index in [1.165, 1.54) is 0 Å². The van der Waals surface area contributed by atoms with E-state index in [0.29, 0.717) is 6.54 Å². The molecule has 24 heavy (non-hydrogen) atoms. The smallest absolute Gasteiger partial charge is 0.127 e. The molecule has 124 valence electrons. The fourth-order valence-electron chi connectivity index (χ4n) is 3.48. The van der Waals surface area contributed by atoms with Gasteiger partial charge in [0, 0.05) is 5.02 Å². The van der Waals surface area contributed by atoms with Gasteiger partial charge in [-0.2, -0.15) is 0 Å². The zero-order valence-corrected chi connectivity index (χ0v) is 14.2. The number of anilines is 2. The van der Waals surface area contributed by atoms with Gasteiger partial charge in [-0.25, -0.2) is 0 Å². The Hall–Kier alpha value is -2.04. The summed E-state index contributed by atoms with van der Waals surface area (Å²) in [6.45, 7) is 2.61. The molecule has 1 saturated heterocycles. The first-order chi connectivity index (χ1) is 11.8. The van der Waals surface area contributed by atoms with Gasteiger partial charge in [-0.05, 0) is 55.8 Å². The highest BCUT2D eigenvalue weighted by molar-refractivity contribution is 6.30. The largest absolute Gasteiger partial charge is 0.371 e. The molecule has 0 atom stereocenters. The number of halogens is 1. The van der Waals surface area contributed by atoms with Crippen molar-refractivity contribution in [1.82, 2.24) is 5.32 Å². The second-order valence-electron chi connectivity index (χ2n) is 6.42. The van der Waals surface area contributed by atoms with Crippen LogP contribution in [0.5, 0.6) is 0 Å². The molecule has 0 saturated carbocycles. The molecule has 0 amide bonds. The van der Waals surface area contributed by atoms with E-state index in [9.17, 15) is 0 Å². The van der Waals surface area contributed by atoms with Crippen molar-refractivity contribution in [2.45, 2.75) is 24.9 Å². The second kappa shape index (κ2) is 6.46. The van der Waals surface area contributed by atoms with Crippen LogP contribution >= 0.6 is 11.6 Å². The normalized spacial score (nSPS) is 20.3. The molecule has 2 aromatic rings. The van der Waals surface area contributed by atoms with E-state index in [2.05, 4.69) is 40.2 Å². The molecule has 0 aliphatic carbocycles. The van der Waals surface area contributed by atoms with Gasteiger partial charge >= 0.3 is 0 Å². The van der Waals surface area contributed by atoms with Crippen LogP contribution in [0.3, 0.4) is 0 Å². The van der Waals surface area contributed by atoms with Gasteiger partial charge in [-0.1, -0.05) is 35.9 Å². The number of fused-ring (bicyclic) bond motifs is 1. The van der Waals surface area contributed by atoms with E-state index in [1.54, 1.807) is 0 Å². The Morgan fingerprint density at radius 1 is 1.00 bits per heavy atom. The molecule has 0 radical (unpaired) electrons. The Kier molecular flexibility index (Phi) is 4.17. The number of amidine groups is 1. The third kappa shape index (κ3) is 2.99. The summed E-state index contributed by atoms with van der Waals surface area (Å²) < 4.78 is 0. The highest BCUT2D eigenvalue weighted by Crippen LogP contribution is 2.35. The summed E-state index contributed by atoms with van der Waals surface area (Å²) in [6, 6.07) is 16.2. The minimum Gasteiger partial charge on any atom is -0.371 e. The lowest BCUT2D eigenvalue weighted by Crippen LogP contribution is -2.57. The highest BCUT2D eigenvalue weighted by Gasteiger charge is 2.40. The van der Waals surface area contributed by atoms with Crippen LogP contribution in [0.25, 0.3) is 0 Å². The molecule has 2 heterocycles. The lowest BCUT2D eigenvalue weighted by atomic mass is 9.87. The number of para-hydroxylation sites is 2. The molecular weight excluding hydrogens is 326 g/mol. The van der Waals surface area contributed by atoms with Crippen LogP contribution in [-0.2, 0) is 6.54 Å². The maximum atomic E-state index is 6.09. The number of rotatable bonds is 2. The Labute approximate surface area is 147 Å². The number of hydrogen-bond acceptors (Lipinski definition) is 3. The number of nitrogens with one attached hydrogen (secondary N) is 3. The van der Waals surface area contributed by atoms with Gasteiger partial charge in [0.05, 0.1) is 23.5 Å². The first kappa shape index (κ1) is 15.5. The molecule has 0 aromatic heterocycles. The zero-order chi connectivity index (χ0) is 16.4. The van der Waals surface area contributed by atoms with Crippen molar-refractivity contribution in [2.75, 3.05) is 23.7 Å². The average Bonchev–Trinajstić information content (AvgIpc) is 2.61. The van der Waals surface area contributed by atoms with E-state index in [-0.39, 0.29) is 5.54 Å².